The highest BCUT2D eigenvalue weighted by atomic mass is 79.9. The van der Waals surface area contributed by atoms with Crippen molar-refractivity contribution in [1.29, 1.82) is 0 Å². The van der Waals surface area contributed by atoms with Crippen molar-refractivity contribution in [3.8, 4) is 11.8 Å². The van der Waals surface area contributed by atoms with Crippen LogP contribution in [-0.2, 0) is 4.79 Å². The zero-order chi connectivity index (χ0) is 23.6. The van der Waals surface area contributed by atoms with E-state index in [2.05, 4.69) is 79.7 Å². The average Bonchev–Trinajstić information content (AvgIpc) is 3.02. The summed E-state index contributed by atoms with van der Waals surface area (Å²) in [5.41, 5.74) is 4.30. The molecule has 5 atom stereocenters. The van der Waals surface area contributed by atoms with Gasteiger partial charge >= 0.3 is 0 Å². The molecule has 1 aromatic rings. The van der Waals surface area contributed by atoms with Crippen LogP contribution in [0.1, 0.15) is 84.1 Å². The highest BCUT2D eigenvalue weighted by Crippen LogP contribution is 2.66. The molecule has 0 saturated heterocycles. The van der Waals surface area contributed by atoms with E-state index in [-0.39, 0.29) is 22.5 Å². The second-order valence-corrected chi connectivity index (χ2v) is 12.9. The number of halogens is 1. The Hall–Kier alpha value is -1.63. The predicted octanol–water partition coefficient (Wildman–Crippen LogP) is 7.13. The van der Waals surface area contributed by atoms with Crippen LogP contribution in [0.4, 0.5) is 0 Å². The molecule has 0 aliphatic heterocycles. The molecule has 5 rings (SSSR count). The molecular weight excluding hydrogens is 472 g/mol. The summed E-state index contributed by atoms with van der Waals surface area (Å²) in [4.78, 5) is 12.2. The van der Waals surface area contributed by atoms with E-state index in [4.69, 9.17) is 0 Å². The van der Waals surface area contributed by atoms with Gasteiger partial charge in [0.15, 0.2) is 5.78 Å². The van der Waals surface area contributed by atoms with Crippen LogP contribution in [0.25, 0.3) is 0 Å². The van der Waals surface area contributed by atoms with Crippen molar-refractivity contribution < 1.29 is 9.90 Å². The quantitative estimate of drug-likeness (QED) is 0.411. The van der Waals surface area contributed by atoms with Crippen LogP contribution in [0, 0.1) is 34.5 Å². The molecule has 3 heteroatoms. The van der Waals surface area contributed by atoms with Gasteiger partial charge in [0.1, 0.15) is 5.60 Å². The Labute approximate surface area is 207 Å². The Morgan fingerprint density at radius 2 is 1.82 bits per heavy atom. The molecule has 2 nitrogen and oxygen atoms in total. The first kappa shape index (κ1) is 23.1. The van der Waals surface area contributed by atoms with Gasteiger partial charge in [-0.15, -0.1) is 0 Å². The minimum absolute atomic E-state index is 0.129. The van der Waals surface area contributed by atoms with E-state index in [1.54, 1.807) is 5.57 Å². The third kappa shape index (κ3) is 3.88. The number of ketones is 1. The first-order valence-electron chi connectivity index (χ1n) is 12.5. The third-order valence-electron chi connectivity index (χ3n) is 8.80. The van der Waals surface area contributed by atoms with E-state index in [1.165, 1.54) is 16.7 Å². The maximum atomic E-state index is 12.2. The molecule has 0 spiro atoms. The molecule has 174 valence electrons. The Balaban J connectivity index is 1.66. The van der Waals surface area contributed by atoms with Gasteiger partial charge in [-0.2, -0.15) is 0 Å². The smallest absolute Gasteiger partial charge is 0.156 e. The maximum Gasteiger partial charge on any atom is 0.156 e. The molecule has 1 aromatic carbocycles. The van der Waals surface area contributed by atoms with Gasteiger partial charge in [0, 0.05) is 27.6 Å². The number of hydrogen-bond donors (Lipinski definition) is 1. The Kier molecular flexibility index (Phi) is 5.58. The summed E-state index contributed by atoms with van der Waals surface area (Å²) in [6.45, 7) is 8.66. The van der Waals surface area contributed by atoms with Gasteiger partial charge in [0.25, 0.3) is 0 Å². The molecule has 0 unspecified atom stereocenters. The maximum absolute atomic E-state index is 12.2. The van der Waals surface area contributed by atoms with Gasteiger partial charge in [-0.3, -0.25) is 4.79 Å². The molecule has 1 N–H and O–H groups in total. The minimum Gasteiger partial charge on any atom is -0.377 e. The summed E-state index contributed by atoms with van der Waals surface area (Å²) >= 11 is 3.60. The van der Waals surface area contributed by atoms with Crippen LogP contribution in [0.15, 0.2) is 51.5 Å². The Morgan fingerprint density at radius 1 is 1.09 bits per heavy atom. The van der Waals surface area contributed by atoms with Crippen molar-refractivity contribution in [2.45, 2.75) is 84.2 Å². The first-order chi connectivity index (χ1) is 15.5. The number of hydrogen-bond acceptors (Lipinski definition) is 2. The van der Waals surface area contributed by atoms with Crippen molar-refractivity contribution in [1.82, 2.24) is 0 Å². The zero-order valence-electron chi connectivity index (χ0n) is 20.3. The highest BCUT2D eigenvalue weighted by molar-refractivity contribution is 9.10. The van der Waals surface area contributed by atoms with Crippen molar-refractivity contribution in [3.05, 3.63) is 57.1 Å². The van der Waals surface area contributed by atoms with Crippen LogP contribution in [0.5, 0.6) is 0 Å². The molecule has 0 amide bonds. The number of allylic oxidation sites excluding steroid dienone is 4. The molecule has 2 saturated carbocycles. The summed E-state index contributed by atoms with van der Waals surface area (Å²) in [5.74, 6) is 8.22. The van der Waals surface area contributed by atoms with Crippen LogP contribution in [-0.4, -0.2) is 16.5 Å². The first-order valence-corrected chi connectivity index (χ1v) is 13.3. The van der Waals surface area contributed by atoms with Gasteiger partial charge < -0.3 is 5.11 Å². The summed E-state index contributed by atoms with van der Waals surface area (Å²) in [6, 6.07) is 8.75. The van der Waals surface area contributed by atoms with E-state index in [9.17, 15) is 9.90 Å². The lowest BCUT2D eigenvalue weighted by Crippen LogP contribution is -2.51. The minimum atomic E-state index is -0.951. The fourth-order valence-electron chi connectivity index (χ4n) is 7.16. The van der Waals surface area contributed by atoms with Crippen molar-refractivity contribution >= 4 is 21.7 Å². The summed E-state index contributed by atoms with van der Waals surface area (Å²) in [5, 5.41) is 12.0. The van der Waals surface area contributed by atoms with E-state index in [1.807, 2.05) is 6.08 Å². The van der Waals surface area contributed by atoms with Gasteiger partial charge in [-0.05, 0) is 106 Å². The van der Waals surface area contributed by atoms with Gasteiger partial charge in [-0.25, -0.2) is 0 Å². The molecule has 0 bridgehead atoms. The molecule has 0 heterocycles. The predicted molar refractivity (Wildman–Crippen MR) is 137 cm³/mol. The SMILES string of the molecule is CC(C)(C)C#C[C@]1(O)CC[C@H]2[C@@H]3CCC4=CC(=O)CCC4=C3[C@@H](c3ccc(Br)cc3)C[C@@]21C. The molecule has 0 radical (unpaired) electrons. The lowest BCUT2D eigenvalue weighted by Gasteiger charge is -2.53. The Bertz CT molecular complexity index is 1110. The van der Waals surface area contributed by atoms with Crippen molar-refractivity contribution in [2.75, 3.05) is 0 Å². The lowest BCUT2D eigenvalue weighted by molar-refractivity contribution is -0.114. The fraction of sp³-hybridized carbons (Fsp3) is 0.567. The Morgan fingerprint density at radius 3 is 2.52 bits per heavy atom. The van der Waals surface area contributed by atoms with E-state index in [0.29, 0.717) is 18.3 Å². The van der Waals surface area contributed by atoms with E-state index in [0.717, 1.165) is 43.0 Å². The normalized spacial score (nSPS) is 35.8. The number of carbonyl (C=O) groups excluding carboxylic acids is 1. The van der Waals surface area contributed by atoms with Crippen LogP contribution in [0.3, 0.4) is 0 Å². The third-order valence-corrected chi connectivity index (χ3v) is 9.33. The van der Waals surface area contributed by atoms with Crippen molar-refractivity contribution in [2.24, 2.45) is 22.7 Å². The highest BCUT2D eigenvalue weighted by Gasteiger charge is 2.62. The molecule has 2 fully saturated rings. The number of carbonyl (C=O) groups is 1. The van der Waals surface area contributed by atoms with Gasteiger partial charge in [0.05, 0.1) is 0 Å². The van der Waals surface area contributed by atoms with Gasteiger partial charge in [-0.1, -0.05) is 52.4 Å². The lowest BCUT2D eigenvalue weighted by atomic mass is 9.51. The monoisotopic (exact) mass is 506 g/mol. The van der Waals surface area contributed by atoms with Gasteiger partial charge in [0.2, 0.25) is 0 Å². The number of benzene rings is 1. The number of fused-ring (bicyclic) bond motifs is 4. The zero-order valence-corrected chi connectivity index (χ0v) is 21.9. The largest absolute Gasteiger partial charge is 0.377 e. The topological polar surface area (TPSA) is 37.3 Å². The van der Waals surface area contributed by atoms with E-state index < -0.39 is 5.60 Å². The van der Waals surface area contributed by atoms with E-state index >= 15 is 0 Å². The molecule has 4 aliphatic rings. The average molecular weight is 508 g/mol. The standard InChI is InChI=1S/C30H35BrO2/c1-28(2,3)15-16-30(33)14-13-26-24-11-7-20-17-22(32)10-12-23(20)27(24)25(18-29(26,30)4)19-5-8-21(31)9-6-19/h5-6,8-9,17,24-26,33H,7,10-14,18H2,1-4H3/t24-,25+,26-,29-,30+/m0/s1. The second kappa shape index (κ2) is 7.96. The van der Waals surface area contributed by atoms with Crippen LogP contribution < -0.4 is 0 Å². The fourth-order valence-corrected chi connectivity index (χ4v) is 7.42. The second-order valence-electron chi connectivity index (χ2n) is 11.9. The number of rotatable bonds is 1. The van der Waals surface area contributed by atoms with Crippen LogP contribution >= 0.6 is 15.9 Å². The molecule has 4 aliphatic carbocycles. The molecular formula is C30H35BrO2. The summed E-state index contributed by atoms with van der Waals surface area (Å²) < 4.78 is 1.08. The number of aliphatic hydroxyl groups is 1. The van der Waals surface area contributed by atoms with Crippen molar-refractivity contribution in [3.63, 3.8) is 0 Å². The summed E-state index contributed by atoms with van der Waals surface area (Å²) in [7, 11) is 0. The molecule has 33 heavy (non-hydrogen) atoms. The molecule has 0 aromatic heterocycles. The summed E-state index contributed by atoms with van der Waals surface area (Å²) in [6.07, 6.45) is 8.18. The van der Waals surface area contributed by atoms with Crippen LogP contribution in [0.2, 0.25) is 0 Å².